The van der Waals surface area contributed by atoms with E-state index in [2.05, 4.69) is 45.4 Å². The number of para-hydroxylation sites is 1. The Balaban J connectivity index is 1.36. The fourth-order valence-electron chi connectivity index (χ4n) is 4.57. The molecule has 0 aliphatic carbocycles. The van der Waals surface area contributed by atoms with Gasteiger partial charge in [-0.1, -0.05) is 24.3 Å². The van der Waals surface area contributed by atoms with Crippen LogP contribution in [0.1, 0.15) is 34.7 Å². The summed E-state index contributed by atoms with van der Waals surface area (Å²) < 4.78 is 5.53. The number of thiocarbonyl (C=S) groups is 1. The molecule has 0 saturated carbocycles. The fourth-order valence-corrected chi connectivity index (χ4v) is 4.92. The topological polar surface area (TPSA) is 82.3 Å². The van der Waals surface area contributed by atoms with Crippen LogP contribution in [0.5, 0.6) is 5.75 Å². The van der Waals surface area contributed by atoms with Gasteiger partial charge in [0.05, 0.1) is 17.8 Å². The van der Waals surface area contributed by atoms with Crippen molar-refractivity contribution in [1.29, 1.82) is 0 Å². The van der Waals surface area contributed by atoms with E-state index >= 15 is 0 Å². The molecule has 0 radical (unpaired) electrons. The van der Waals surface area contributed by atoms with Crippen molar-refractivity contribution < 1.29 is 9.53 Å². The summed E-state index contributed by atoms with van der Waals surface area (Å²) in [7, 11) is 0. The van der Waals surface area contributed by atoms with Crippen molar-refractivity contribution in [1.82, 2.24) is 15.3 Å². The Morgan fingerprint density at radius 2 is 1.81 bits per heavy atom. The van der Waals surface area contributed by atoms with Crippen LogP contribution in [0.4, 0.5) is 11.4 Å². The van der Waals surface area contributed by atoms with Crippen LogP contribution >= 0.6 is 12.2 Å². The van der Waals surface area contributed by atoms with Crippen molar-refractivity contribution in [2.45, 2.75) is 25.9 Å². The molecule has 0 bridgehead atoms. The number of rotatable bonds is 7. The van der Waals surface area contributed by atoms with E-state index in [1.54, 1.807) is 6.20 Å². The van der Waals surface area contributed by atoms with Crippen molar-refractivity contribution >= 4 is 34.6 Å². The van der Waals surface area contributed by atoms with Gasteiger partial charge in [-0.25, -0.2) is 0 Å². The first kappa shape index (κ1) is 23.6. The molecular formula is C28H27N5O2S. The minimum atomic E-state index is -0.225. The lowest BCUT2D eigenvalue weighted by atomic mass is 9.96. The molecule has 1 aliphatic rings. The molecule has 3 heterocycles. The molecule has 1 saturated heterocycles. The van der Waals surface area contributed by atoms with Crippen LogP contribution in [0, 0.1) is 13.8 Å². The molecule has 2 aromatic carbocycles. The average molecular weight is 498 g/mol. The maximum absolute atomic E-state index is 12.4. The molecule has 182 valence electrons. The molecular weight excluding hydrogens is 470 g/mol. The summed E-state index contributed by atoms with van der Waals surface area (Å²) in [6, 6.07) is 24.8. The zero-order valence-electron chi connectivity index (χ0n) is 20.1. The third-order valence-corrected chi connectivity index (χ3v) is 6.46. The number of ether oxygens (including phenoxy) is 1. The van der Waals surface area contributed by atoms with Gasteiger partial charge in [0.1, 0.15) is 5.75 Å². The van der Waals surface area contributed by atoms with Gasteiger partial charge in [0, 0.05) is 29.0 Å². The van der Waals surface area contributed by atoms with Crippen molar-refractivity contribution in [3.05, 3.63) is 108 Å². The molecule has 1 amide bonds. The van der Waals surface area contributed by atoms with Gasteiger partial charge in [0.15, 0.2) is 11.7 Å². The summed E-state index contributed by atoms with van der Waals surface area (Å²) >= 11 is 5.80. The van der Waals surface area contributed by atoms with E-state index in [1.807, 2.05) is 72.8 Å². The largest absolute Gasteiger partial charge is 0.484 e. The number of nitrogens with zero attached hydrogens (tertiary/aromatic N) is 2. The molecule has 2 aromatic heterocycles. The van der Waals surface area contributed by atoms with Crippen molar-refractivity contribution in [2.24, 2.45) is 0 Å². The zero-order valence-corrected chi connectivity index (χ0v) is 20.9. The molecule has 4 aromatic rings. The Labute approximate surface area is 215 Å². The Bertz CT molecular complexity index is 1360. The Morgan fingerprint density at radius 3 is 2.47 bits per heavy atom. The number of carbonyl (C=O) groups is 1. The van der Waals surface area contributed by atoms with E-state index in [0.717, 1.165) is 28.3 Å². The second-order valence-corrected chi connectivity index (χ2v) is 9.11. The number of aromatic amines is 1. The van der Waals surface area contributed by atoms with Gasteiger partial charge in [0.2, 0.25) is 0 Å². The number of carbonyl (C=O) groups excluding carboxylic acids is 1. The van der Waals surface area contributed by atoms with Gasteiger partial charge in [0.25, 0.3) is 5.91 Å². The van der Waals surface area contributed by atoms with E-state index < -0.39 is 0 Å². The number of nitrogens with one attached hydrogen (secondary N) is 3. The van der Waals surface area contributed by atoms with E-state index in [-0.39, 0.29) is 24.6 Å². The van der Waals surface area contributed by atoms with Crippen molar-refractivity contribution in [3.8, 4) is 5.75 Å². The van der Waals surface area contributed by atoms with Crippen LogP contribution < -0.4 is 20.3 Å². The predicted octanol–water partition coefficient (Wildman–Crippen LogP) is 5.22. The number of hydrogen-bond acceptors (Lipinski definition) is 4. The fraction of sp³-hybridized carbons (Fsp3) is 0.179. The van der Waals surface area contributed by atoms with Crippen LogP contribution in [0.2, 0.25) is 0 Å². The molecule has 0 unspecified atom stereocenters. The maximum atomic E-state index is 12.4. The number of benzene rings is 2. The Morgan fingerprint density at radius 1 is 1.06 bits per heavy atom. The second kappa shape index (κ2) is 10.2. The highest BCUT2D eigenvalue weighted by atomic mass is 32.1. The van der Waals surface area contributed by atoms with Crippen molar-refractivity contribution in [2.75, 3.05) is 16.8 Å². The van der Waals surface area contributed by atoms with E-state index in [9.17, 15) is 4.79 Å². The van der Waals surface area contributed by atoms with Gasteiger partial charge in [-0.2, -0.15) is 0 Å². The number of H-pyrrole nitrogens is 1. The zero-order chi connectivity index (χ0) is 25.1. The van der Waals surface area contributed by atoms with Gasteiger partial charge >= 0.3 is 0 Å². The van der Waals surface area contributed by atoms with Gasteiger partial charge in [-0.15, -0.1) is 0 Å². The lowest BCUT2D eigenvalue weighted by Crippen LogP contribution is -2.29. The minimum Gasteiger partial charge on any atom is -0.484 e. The molecule has 8 heteroatoms. The first-order chi connectivity index (χ1) is 17.5. The molecule has 2 atom stereocenters. The van der Waals surface area contributed by atoms with Crippen LogP contribution in [0.3, 0.4) is 0 Å². The molecule has 1 aliphatic heterocycles. The lowest BCUT2D eigenvalue weighted by Gasteiger charge is -2.28. The third-order valence-electron chi connectivity index (χ3n) is 6.15. The van der Waals surface area contributed by atoms with Gasteiger partial charge in [-0.05, 0) is 86.2 Å². The number of anilines is 2. The molecule has 36 heavy (non-hydrogen) atoms. The predicted molar refractivity (Wildman–Crippen MR) is 145 cm³/mol. The standard InChI is InChI=1S/C28H27N5O2S/c1-18-16-23(19(2)30-18)27-26(24-10-6-7-15-29-24)32-28(36)33(27)21-13-11-20(12-14-21)31-25(34)17-35-22-8-4-3-5-9-22/h3-16,26-27,30H,17H2,1-2H3,(H,31,34)(H,32,36)/t26-,27-/m0/s1. The van der Waals surface area contributed by atoms with E-state index in [1.165, 1.54) is 0 Å². The highest BCUT2D eigenvalue weighted by Crippen LogP contribution is 2.42. The first-order valence-corrected chi connectivity index (χ1v) is 12.1. The quantitative estimate of drug-likeness (QED) is 0.304. The second-order valence-electron chi connectivity index (χ2n) is 8.73. The third kappa shape index (κ3) is 4.94. The van der Waals surface area contributed by atoms with Crippen LogP contribution in [0.25, 0.3) is 0 Å². The molecule has 0 spiro atoms. The monoisotopic (exact) mass is 497 g/mol. The SMILES string of the molecule is Cc1cc([C@H]2[C@H](c3ccccn3)NC(=S)N2c2ccc(NC(=O)COc3ccccc3)cc2)c(C)[nH]1. The van der Waals surface area contributed by atoms with E-state index in [4.69, 9.17) is 17.0 Å². The van der Waals surface area contributed by atoms with Crippen LogP contribution in [-0.2, 0) is 4.79 Å². The Kier molecular flexibility index (Phi) is 6.69. The summed E-state index contributed by atoms with van der Waals surface area (Å²) in [6.45, 7) is 4.07. The molecule has 7 nitrogen and oxygen atoms in total. The van der Waals surface area contributed by atoms with Crippen molar-refractivity contribution in [3.63, 3.8) is 0 Å². The minimum absolute atomic E-state index is 0.0636. The molecule has 1 fully saturated rings. The molecule has 5 rings (SSSR count). The molecule has 3 N–H and O–H groups in total. The number of hydrogen-bond donors (Lipinski definition) is 3. The van der Waals surface area contributed by atoms with E-state index in [0.29, 0.717) is 16.5 Å². The van der Waals surface area contributed by atoms with Gasteiger partial charge in [-0.3, -0.25) is 9.78 Å². The van der Waals surface area contributed by atoms with Crippen LogP contribution in [-0.4, -0.2) is 27.6 Å². The number of pyridine rings is 1. The number of amides is 1. The highest BCUT2D eigenvalue weighted by molar-refractivity contribution is 7.80. The van der Waals surface area contributed by atoms with Crippen LogP contribution in [0.15, 0.2) is 85.1 Å². The first-order valence-electron chi connectivity index (χ1n) is 11.7. The summed E-state index contributed by atoms with van der Waals surface area (Å²) in [5, 5.41) is 6.99. The average Bonchev–Trinajstić information content (AvgIpc) is 3.41. The highest BCUT2D eigenvalue weighted by Gasteiger charge is 2.41. The number of aryl methyl sites for hydroxylation is 2. The summed E-state index contributed by atoms with van der Waals surface area (Å²) in [4.78, 5) is 22.5. The normalized spacial score (nSPS) is 17.1. The lowest BCUT2D eigenvalue weighted by molar-refractivity contribution is -0.118. The smallest absolute Gasteiger partial charge is 0.262 e. The summed E-state index contributed by atoms with van der Waals surface area (Å²) in [5.41, 5.74) is 5.88. The maximum Gasteiger partial charge on any atom is 0.262 e. The van der Waals surface area contributed by atoms with Gasteiger partial charge < -0.3 is 25.3 Å². The summed E-state index contributed by atoms with van der Waals surface area (Å²) in [6.07, 6.45) is 1.80. The summed E-state index contributed by atoms with van der Waals surface area (Å²) in [5.74, 6) is 0.429. The Hall–Kier alpha value is -4.17. The number of aromatic nitrogens is 2.